The molecule has 2 aromatic rings. The number of carbonyl (C=O) groups excluding carboxylic acids is 3. The Bertz CT molecular complexity index is 659. The van der Waals surface area contributed by atoms with Gasteiger partial charge in [-0.05, 0) is 31.2 Å². The topological polar surface area (TPSA) is 68.2 Å². The Morgan fingerprint density at radius 1 is 1.25 bits per heavy atom. The molecule has 1 heterocycles. The third-order valence-electron chi connectivity index (χ3n) is 2.85. The smallest absolute Gasteiger partial charge is 0.244 e. The van der Waals surface area contributed by atoms with Gasteiger partial charge in [0.15, 0.2) is 12.1 Å². The number of carbonyl (C=O) groups is 3. The summed E-state index contributed by atoms with van der Waals surface area (Å²) in [6, 6.07) is 10.1. The van der Waals surface area contributed by atoms with Crippen molar-refractivity contribution in [1.82, 2.24) is 4.57 Å². The van der Waals surface area contributed by atoms with E-state index in [-0.39, 0.29) is 18.2 Å². The third-order valence-corrected chi connectivity index (χ3v) is 2.85. The summed E-state index contributed by atoms with van der Waals surface area (Å²) >= 11 is 0. The highest BCUT2D eigenvalue weighted by molar-refractivity contribution is 5.97. The van der Waals surface area contributed by atoms with Gasteiger partial charge in [-0.15, -0.1) is 0 Å². The molecule has 0 bridgehead atoms. The quantitative estimate of drug-likeness (QED) is 0.668. The zero-order chi connectivity index (χ0) is 14.5. The molecule has 1 aromatic heterocycles. The molecule has 0 radical (unpaired) electrons. The Labute approximate surface area is 116 Å². The van der Waals surface area contributed by atoms with E-state index < -0.39 is 0 Å². The lowest BCUT2D eigenvalue weighted by Crippen LogP contribution is -2.19. The lowest BCUT2D eigenvalue weighted by Gasteiger charge is -2.08. The second-order valence-electron chi connectivity index (χ2n) is 4.36. The maximum atomic E-state index is 11.9. The molecule has 0 fully saturated rings. The van der Waals surface area contributed by atoms with Crippen molar-refractivity contribution in [3.63, 3.8) is 0 Å². The number of hydrogen-bond donors (Lipinski definition) is 1. The van der Waals surface area contributed by atoms with Gasteiger partial charge in [-0.3, -0.25) is 14.4 Å². The van der Waals surface area contributed by atoms with Gasteiger partial charge in [0.25, 0.3) is 0 Å². The predicted octanol–water partition coefficient (Wildman–Crippen LogP) is 2.14. The summed E-state index contributed by atoms with van der Waals surface area (Å²) in [6.45, 7) is 1.52. The molecule has 0 spiro atoms. The number of aldehydes is 1. The molecule has 20 heavy (non-hydrogen) atoms. The van der Waals surface area contributed by atoms with Gasteiger partial charge in [-0.25, -0.2) is 0 Å². The second-order valence-corrected chi connectivity index (χ2v) is 4.36. The van der Waals surface area contributed by atoms with Crippen LogP contribution in [0, 0.1) is 0 Å². The van der Waals surface area contributed by atoms with E-state index in [1.807, 2.05) is 0 Å². The van der Waals surface area contributed by atoms with Crippen LogP contribution in [0.1, 0.15) is 27.8 Å². The largest absolute Gasteiger partial charge is 0.336 e. The van der Waals surface area contributed by atoms with Crippen molar-refractivity contribution < 1.29 is 14.4 Å². The molecule has 0 atom stereocenters. The van der Waals surface area contributed by atoms with Gasteiger partial charge in [0.1, 0.15) is 6.54 Å². The summed E-state index contributed by atoms with van der Waals surface area (Å²) in [7, 11) is 0. The fraction of sp³-hybridized carbons (Fsp3) is 0.133. The lowest BCUT2D eigenvalue weighted by molar-refractivity contribution is -0.116. The van der Waals surface area contributed by atoms with Crippen molar-refractivity contribution in [3.8, 4) is 0 Å². The van der Waals surface area contributed by atoms with E-state index in [4.69, 9.17) is 0 Å². The Balaban J connectivity index is 2.06. The van der Waals surface area contributed by atoms with E-state index in [2.05, 4.69) is 5.32 Å². The first-order valence-corrected chi connectivity index (χ1v) is 6.11. The van der Waals surface area contributed by atoms with Gasteiger partial charge in [0, 0.05) is 17.4 Å². The molecule has 0 unspecified atom stereocenters. The van der Waals surface area contributed by atoms with Crippen molar-refractivity contribution in [2.75, 3.05) is 5.32 Å². The number of amides is 1. The molecule has 1 N–H and O–H groups in total. The van der Waals surface area contributed by atoms with Gasteiger partial charge in [0.2, 0.25) is 5.91 Å². The Kier molecular flexibility index (Phi) is 4.10. The Morgan fingerprint density at radius 2 is 2.05 bits per heavy atom. The van der Waals surface area contributed by atoms with E-state index in [1.54, 1.807) is 47.2 Å². The van der Waals surface area contributed by atoms with Crippen LogP contribution in [0.25, 0.3) is 0 Å². The van der Waals surface area contributed by atoms with E-state index in [9.17, 15) is 14.4 Å². The van der Waals surface area contributed by atoms with Gasteiger partial charge >= 0.3 is 0 Å². The number of anilines is 1. The number of hydrogen-bond acceptors (Lipinski definition) is 3. The molecule has 5 nitrogen and oxygen atoms in total. The SMILES string of the molecule is CC(=O)c1cccc(NC(=O)Cn2cccc2C=O)c1. The molecule has 0 aliphatic heterocycles. The second kappa shape index (κ2) is 5.97. The molecule has 0 aliphatic carbocycles. The first-order chi connectivity index (χ1) is 9.60. The minimum Gasteiger partial charge on any atom is -0.336 e. The summed E-state index contributed by atoms with van der Waals surface area (Å²) in [5, 5.41) is 2.70. The summed E-state index contributed by atoms with van der Waals surface area (Å²) in [5.41, 5.74) is 1.54. The van der Waals surface area contributed by atoms with Gasteiger partial charge < -0.3 is 9.88 Å². The average Bonchev–Trinajstić information content (AvgIpc) is 2.86. The van der Waals surface area contributed by atoms with Crippen molar-refractivity contribution in [2.45, 2.75) is 13.5 Å². The number of ketones is 1. The van der Waals surface area contributed by atoms with Crippen LogP contribution in [0.4, 0.5) is 5.69 Å². The van der Waals surface area contributed by atoms with Crippen molar-refractivity contribution >= 4 is 23.7 Å². The minimum atomic E-state index is -0.259. The van der Waals surface area contributed by atoms with E-state index >= 15 is 0 Å². The van der Waals surface area contributed by atoms with E-state index in [0.717, 1.165) is 0 Å². The monoisotopic (exact) mass is 270 g/mol. The number of benzene rings is 1. The third kappa shape index (κ3) is 3.20. The number of Topliss-reactive ketones (excluding diaryl/α,β-unsaturated/α-hetero) is 1. The standard InChI is InChI=1S/C15H14N2O3/c1-11(19)12-4-2-5-13(8-12)16-15(20)9-17-7-3-6-14(17)10-18/h2-8,10H,9H2,1H3,(H,16,20). The van der Waals surface area contributed by atoms with Crippen LogP contribution in [0.2, 0.25) is 0 Å². The van der Waals surface area contributed by atoms with Gasteiger partial charge in [0.05, 0.1) is 5.69 Å². The Morgan fingerprint density at radius 3 is 2.75 bits per heavy atom. The molecule has 1 aromatic carbocycles. The summed E-state index contributed by atoms with van der Waals surface area (Å²) < 4.78 is 1.55. The van der Waals surface area contributed by atoms with E-state index in [1.165, 1.54) is 6.92 Å². The number of aromatic nitrogens is 1. The Hall–Kier alpha value is -2.69. The summed E-state index contributed by atoms with van der Waals surface area (Å²) in [4.78, 5) is 33.9. The molecule has 0 saturated heterocycles. The van der Waals surface area contributed by atoms with Crippen molar-refractivity contribution in [3.05, 3.63) is 53.9 Å². The first kappa shape index (κ1) is 13.7. The van der Waals surface area contributed by atoms with Crippen LogP contribution < -0.4 is 5.32 Å². The highest BCUT2D eigenvalue weighted by Gasteiger charge is 2.07. The maximum Gasteiger partial charge on any atom is 0.244 e. The average molecular weight is 270 g/mol. The highest BCUT2D eigenvalue weighted by Crippen LogP contribution is 2.11. The zero-order valence-corrected chi connectivity index (χ0v) is 11.0. The van der Waals surface area contributed by atoms with Crippen LogP contribution in [0.5, 0.6) is 0 Å². The van der Waals surface area contributed by atoms with Crippen LogP contribution in [0.3, 0.4) is 0 Å². The molecule has 102 valence electrons. The maximum absolute atomic E-state index is 11.9. The summed E-state index contributed by atoms with van der Waals surface area (Å²) in [5.74, 6) is -0.320. The minimum absolute atomic E-state index is 0.0470. The molecule has 0 saturated carbocycles. The molecule has 2 rings (SSSR count). The molecular formula is C15H14N2O3. The van der Waals surface area contributed by atoms with Crippen LogP contribution >= 0.6 is 0 Å². The lowest BCUT2D eigenvalue weighted by atomic mass is 10.1. The van der Waals surface area contributed by atoms with E-state index in [0.29, 0.717) is 23.2 Å². The van der Waals surface area contributed by atoms with Crippen LogP contribution in [-0.2, 0) is 11.3 Å². The highest BCUT2D eigenvalue weighted by atomic mass is 16.2. The molecular weight excluding hydrogens is 256 g/mol. The molecule has 1 amide bonds. The normalized spacial score (nSPS) is 10.1. The van der Waals surface area contributed by atoms with Crippen molar-refractivity contribution in [2.24, 2.45) is 0 Å². The fourth-order valence-electron chi connectivity index (χ4n) is 1.85. The first-order valence-electron chi connectivity index (χ1n) is 6.11. The van der Waals surface area contributed by atoms with Gasteiger partial charge in [-0.2, -0.15) is 0 Å². The fourth-order valence-corrected chi connectivity index (χ4v) is 1.85. The summed E-state index contributed by atoms with van der Waals surface area (Å²) in [6.07, 6.45) is 2.36. The molecule has 5 heteroatoms. The zero-order valence-electron chi connectivity index (χ0n) is 11.0. The van der Waals surface area contributed by atoms with Gasteiger partial charge in [-0.1, -0.05) is 12.1 Å². The van der Waals surface area contributed by atoms with Crippen LogP contribution in [-0.4, -0.2) is 22.5 Å². The number of nitrogens with one attached hydrogen (secondary N) is 1. The molecule has 0 aliphatic rings. The number of nitrogens with zero attached hydrogens (tertiary/aromatic N) is 1. The van der Waals surface area contributed by atoms with Crippen LogP contribution in [0.15, 0.2) is 42.6 Å². The number of rotatable bonds is 5. The van der Waals surface area contributed by atoms with Crippen molar-refractivity contribution in [1.29, 1.82) is 0 Å². The predicted molar refractivity (Wildman–Crippen MR) is 74.9 cm³/mol.